The largest absolute Gasteiger partial charge is 0.457 e. The zero-order valence-electron chi connectivity index (χ0n) is 26.8. The lowest BCUT2D eigenvalue weighted by Crippen LogP contribution is -2.31. The predicted octanol–water partition coefficient (Wildman–Crippen LogP) is 7.33. The van der Waals surface area contributed by atoms with Crippen molar-refractivity contribution in [2.24, 2.45) is 0 Å². The molecule has 2 atom stereocenters. The van der Waals surface area contributed by atoms with Crippen molar-refractivity contribution in [1.29, 1.82) is 0 Å². The van der Waals surface area contributed by atoms with Gasteiger partial charge in [0.05, 0.1) is 18.1 Å². The molecule has 1 aromatic rings. The van der Waals surface area contributed by atoms with Crippen LogP contribution < -0.4 is 4.74 Å². The first-order valence-electron chi connectivity index (χ1n) is 16.8. The van der Waals surface area contributed by atoms with Crippen molar-refractivity contribution in [3.8, 4) is 6.01 Å². The fourth-order valence-corrected chi connectivity index (χ4v) is 6.54. The van der Waals surface area contributed by atoms with Crippen molar-refractivity contribution in [3.05, 3.63) is 18.5 Å². The van der Waals surface area contributed by atoms with E-state index in [9.17, 15) is 12.6 Å². The summed E-state index contributed by atoms with van der Waals surface area (Å²) in [4.78, 5) is 8.24. The van der Waals surface area contributed by atoms with Crippen molar-refractivity contribution in [2.75, 3.05) is 43.7 Å². The van der Waals surface area contributed by atoms with Crippen LogP contribution in [0.15, 0.2) is 18.5 Å². The summed E-state index contributed by atoms with van der Waals surface area (Å²) in [6, 6.07) is 1.97. The minimum atomic E-state index is -3.92. The van der Waals surface area contributed by atoms with Crippen LogP contribution >= 0.6 is 0 Å². The second kappa shape index (κ2) is 28.3. The Kier molecular flexibility index (Phi) is 26.3. The van der Waals surface area contributed by atoms with E-state index in [4.69, 9.17) is 18.8 Å². The van der Waals surface area contributed by atoms with E-state index in [1.165, 1.54) is 89.9 Å². The van der Waals surface area contributed by atoms with Gasteiger partial charge in [-0.25, -0.2) is 9.97 Å². The molecular weight excluding hydrogens is 588 g/mol. The molecule has 0 aliphatic heterocycles. The van der Waals surface area contributed by atoms with Gasteiger partial charge in [0.15, 0.2) is 0 Å². The van der Waals surface area contributed by atoms with E-state index in [0.717, 1.165) is 12.8 Å². The summed E-state index contributed by atoms with van der Waals surface area (Å²) in [5.41, 5.74) is 0. The zero-order valence-corrected chi connectivity index (χ0v) is 28.4. The van der Waals surface area contributed by atoms with E-state index in [1.807, 2.05) is 0 Å². The smallest absolute Gasteiger partial charge is 0.316 e. The van der Waals surface area contributed by atoms with Crippen LogP contribution in [0.3, 0.4) is 0 Å². The molecule has 0 aliphatic carbocycles. The maximum atomic E-state index is 12.7. The number of unbranched alkanes of at least 4 members (excludes halogenated alkanes) is 16. The minimum Gasteiger partial charge on any atom is -0.457 e. The van der Waals surface area contributed by atoms with Crippen LogP contribution in [0.1, 0.15) is 129 Å². The predicted molar refractivity (Wildman–Crippen MR) is 176 cm³/mol. The number of hydrogen-bond acceptors (Lipinski definition) is 8. The summed E-state index contributed by atoms with van der Waals surface area (Å²) >= 11 is 0. The average molecular weight is 649 g/mol. The summed E-state index contributed by atoms with van der Waals surface area (Å²) in [6.07, 6.45) is 25.7. The number of rotatable bonds is 32. The summed E-state index contributed by atoms with van der Waals surface area (Å²) in [5, 5.41) is 0. The van der Waals surface area contributed by atoms with Crippen molar-refractivity contribution >= 4 is 20.9 Å². The number of nitrogens with zero attached hydrogens (tertiary/aromatic N) is 2. The molecular formula is C32H60N2O7S2. The van der Waals surface area contributed by atoms with Crippen LogP contribution in [0.25, 0.3) is 0 Å². The Morgan fingerprint density at radius 3 is 1.77 bits per heavy atom. The molecule has 1 aromatic heterocycles. The molecule has 252 valence electrons. The molecule has 0 saturated heterocycles. The SMILES string of the molecule is CCCCCCCCCCCCCCCCCCOCC(CS(=O)CCCOCCCCS(=O)(=O)O)Oc1ncccn1. The highest BCUT2D eigenvalue weighted by atomic mass is 32.2. The Morgan fingerprint density at radius 1 is 0.721 bits per heavy atom. The normalized spacial score (nSPS) is 13.3. The molecule has 1 N–H and O–H groups in total. The van der Waals surface area contributed by atoms with Crippen LogP contribution in [0.2, 0.25) is 0 Å². The highest BCUT2D eigenvalue weighted by molar-refractivity contribution is 7.85. The second-order valence-electron chi connectivity index (χ2n) is 11.4. The molecule has 11 heteroatoms. The third kappa shape index (κ3) is 28.1. The molecule has 0 fully saturated rings. The molecule has 0 spiro atoms. The van der Waals surface area contributed by atoms with Gasteiger partial charge in [-0.15, -0.1) is 0 Å². The molecule has 2 unspecified atom stereocenters. The molecule has 9 nitrogen and oxygen atoms in total. The number of aromatic nitrogens is 2. The molecule has 1 rings (SSSR count). The van der Waals surface area contributed by atoms with Gasteiger partial charge >= 0.3 is 6.01 Å². The van der Waals surface area contributed by atoms with Crippen LogP contribution in [0.5, 0.6) is 6.01 Å². The first kappa shape index (κ1) is 39.9. The molecule has 0 aliphatic rings. The molecule has 0 radical (unpaired) electrons. The van der Waals surface area contributed by atoms with Crippen molar-refractivity contribution in [1.82, 2.24) is 9.97 Å². The quantitative estimate of drug-likeness (QED) is 0.0632. The van der Waals surface area contributed by atoms with Crippen LogP contribution in [-0.2, 0) is 30.4 Å². The van der Waals surface area contributed by atoms with E-state index in [1.54, 1.807) is 18.5 Å². The first-order valence-corrected chi connectivity index (χ1v) is 19.9. The number of hydrogen-bond donors (Lipinski definition) is 1. The van der Waals surface area contributed by atoms with E-state index in [2.05, 4.69) is 16.9 Å². The molecule has 0 aromatic carbocycles. The second-order valence-corrected chi connectivity index (χ2v) is 14.6. The van der Waals surface area contributed by atoms with E-state index < -0.39 is 27.0 Å². The van der Waals surface area contributed by atoms with Crippen LogP contribution in [0, 0.1) is 0 Å². The minimum absolute atomic E-state index is 0.253. The summed E-state index contributed by atoms with van der Waals surface area (Å²) in [6.45, 7) is 4.13. The third-order valence-electron chi connectivity index (χ3n) is 7.23. The van der Waals surface area contributed by atoms with Gasteiger partial charge in [0.1, 0.15) is 6.10 Å². The monoisotopic (exact) mass is 648 g/mol. The Bertz CT molecular complexity index is 876. The van der Waals surface area contributed by atoms with Crippen molar-refractivity contribution in [2.45, 2.75) is 135 Å². The van der Waals surface area contributed by atoms with E-state index in [-0.39, 0.29) is 11.8 Å². The molecule has 1 heterocycles. The van der Waals surface area contributed by atoms with Gasteiger partial charge in [0.2, 0.25) is 0 Å². The lowest BCUT2D eigenvalue weighted by atomic mass is 10.0. The number of ether oxygens (including phenoxy) is 3. The van der Waals surface area contributed by atoms with Gasteiger partial charge in [-0.3, -0.25) is 8.76 Å². The Hall–Kier alpha value is -1.14. The zero-order chi connectivity index (χ0) is 31.3. The summed E-state index contributed by atoms with van der Waals surface area (Å²) in [5.74, 6) is 0.541. The highest BCUT2D eigenvalue weighted by Gasteiger charge is 2.16. The molecule has 0 amide bonds. The van der Waals surface area contributed by atoms with Crippen molar-refractivity contribution in [3.63, 3.8) is 0 Å². The van der Waals surface area contributed by atoms with Crippen LogP contribution in [0.4, 0.5) is 0 Å². The summed E-state index contributed by atoms with van der Waals surface area (Å²) in [7, 11) is -5.03. The third-order valence-corrected chi connectivity index (χ3v) is 9.53. The van der Waals surface area contributed by atoms with E-state index >= 15 is 0 Å². The molecule has 43 heavy (non-hydrogen) atoms. The Balaban J connectivity index is 2.08. The van der Waals surface area contributed by atoms with Gasteiger partial charge in [-0.2, -0.15) is 8.42 Å². The maximum absolute atomic E-state index is 12.7. The maximum Gasteiger partial charge on any atom is 0.316 e. The Morgan fingerprint density at radius 2 is 1.21 bits per heavy atom. The summed E-state index contributed by atoms with van der Waals surface area (Å²) < 4.78 is 60.1. The highest BCUT2D eigenvalue weighted by Crippen LogP contribution is 2.14. The van der Waals surface area contributed by atoms with Crippen molar-refractivity contribution < 1.29 is 31.4 Å². The average Bonchev–Trinajstić information content (AvgIpc) is 2.97. The fourth-order valence-electron chi connectivity index (χ4n) is 4.78. The first-order chi connectivity index (χ1) is 20.9. The standard InChI is InChI=1S/C32H60N2O7S2/c1-2-3-4-5-6-7-8-9-10-11-12-13-14-15-16-17-25-40-29-31(41-32-33-22-20-23-34-32)30-42(35)27-21-26-39-24-18-19-28-43(36,37)38/h20,22-23,31H,2-19,21,24-30H2,1H3,(H,36,37,38). The lowest BCUT2D eigenvalue weighted by molar-refractivity contribution is 0.0538. The van der Waals surface area contributed by atoms with Gasteiger partial charge in [-0.05, 0) is 31.7 Å². The fraction of sp³-hybridized carbons (Fsp3) is 0.875. The van der Waals surface area contributed by atoms with Gasteiger partial charge in [0, 0.05) is 48.8 Å². The lowest BCUT2D eigenvalue weighted by Gasteiger charge is -2.17. The van der Waals surface area contributed by atoms with Gasteiger partial charge < -0.3 is 14.2 Å². The molecule has 0 saturated carbocycles. The molecule has 0 bridgehead atoms. The topological polar surface area (TPSA) is 125 Å². The Labute approximate surface area is 264 Å². The van der Waals surface area contributed by atoms with Gasteiger partial charge in [-0.1, -0.05) is 103 Å². The van der Waals surface area contributed by atoms with Crippen LogP contribution in [-0.4, -0.2) is 76.9 Å². The van der Waals surface area contributed by atoms with Gasteiger partial charge in [0.25, 0.3) is 10.1 Å². The van der Waals surface area contributed by atoms with E-state index in [0.29, 0.717) is 57.2 Å².